The van der Waals surface area contributed by atoms with Gasteiger partial charge in [0.05, 0.1) is 6.04 Å². The summed E-state index contributed by atoms with van der Waals surface area (Å²) in [5.74, 6) is 0.830. The summed E-state index contributed by atoms with van der Waals surface area (Å²) in [4.78, 5) is 0. The molecule has 1 aliphatic carbocycles. The van der Waals surface area contributed by atoms with Gasteiger partial charge in [0, 0.05) is 5.92 Å². The predicted molar refractivity (Wildman–Crippen MR) is 118 cm³/mol. The van der Waals surface area contributed by atoms with Gasteiger partial charge >= 0.3 is 0 Å². The molecule has 28 heavy (non-hydrogen) atoms. The van der Waals surface area contributed by atoms with Gasteiger partial charge in [0.2, 0.25) is 0 Å². The Morgan fingerprint density at radius 3 is 2.57 bits per heavy atom. The quantitative estimate of drug-likeness (QED) is 0.451. The van der Waals surface area contributed by atoms with E-state index in [4.69, 9.17) is 4.74 Å². The van der Waals surface area contributed by atoms with E-state index in [0.717, 1.165) is 18.4 Å². The molecule has 2 aromatic rings. The first kappa shape index (κ1) is 19.8. The molecule has 0 aromatic heterocycles. The van der Waals surface area contributed by atoms with Crippen molar-refractivity contribution < 1.29 is 4.74 Å². The second kappa shape index (κ2) is 9.27. The molecule has 0 spiro atoms. The molecule has 0 fully saturated rings. The molecule has 144 valence electrons. The molecule has 1 aliphatic rings. The number of rotatable bonds is 9. The number of hydrogen-bond acceptors (Lipinski definition) is 2. The van der Waals surface area contributed by atoms with E-state index in [2.05, 4.69) is 79.7 Å². The molecule has 0 aliphatic heterocycles. The molecular weight excluding hydrogens is 342 g/mol. The molecular formula is C26H29NO. The van der Waals surface area contributed by atoms with E-state index in [1.165, 1.54) is 22.3 Å². The monoisotopic (exact) mass is 371 g/mol. The van der Waals surface area contributed by atoms with Gasteiger partial charge in [-0.1, -0.05) is 91.1 Å². The van der Waals surface area contributed by atoms with E-state index in [1.54, 1.807) is 0 Å². The summed E-state index contributed by atoms with van der Waals surface area (Å²) in [7, 11) is 0. The lowest BCUT2D eigenvalue weighted by molar-refractivity contribution is 0.179. The minimum absolute atomic E-state index is 0.0916. The van der Waals surface area contributed by atoms with Gasteiger partial charge in [-0.2, -0.15) is 0 Å². The summed E-state index contributed by atoms with van der Waals surface area (Å²) < 4.78 is 6.06. The number of hydrogen-bond donors (Lipinski definition) is 1. The molecule has 0 amide bonds. The molecule has 0 bridgehead atoms. The summed E-state index contributed by atoms with van der Waals surface area (Å²) in [6, 6.07) is 19.1. The number of ether oxygens (including phenoxy) is 1. The third-order valence-electron chi connectivity index (χ3n) is 5.24. The standard InChI is InChI=1S/C26H29NO/c1-5-11-22-17-23-14-9-10-15-24(23)25(22)18-28-20(4)27-26(19(2)3)16-21-12-7-6-8-13-21/h5-15,25-27H,1-2,4,16-18H2,3H3/b22-11+. The van der Waals surface area contributed by atoms with Crippen molar-refractivity contribution in [2.45, 2.75) is 31.7 Å². The highest BCUT2D eigenvalue weighted by molar-refractivity contribution is 5.46. The fraction of sp³-hybridized carbons (Fsp3) is 0.231. The third kappa shape index (κ3) is 4.83. The highest BCUT2D eigenvalue weighted by Gasteiger charge is 2.27. The van der Waals surface area contributed by atoms with Crippen molar-refractivity contribution in [1.82, 2.24) is 5.32 Å². The fourth-order valence-corrected chi connectivity index (χ4v) is 3.72. The molecule has 2 aromatic carbocycles. The van der Waals surface area contributed by atoms with Crippen LogP contribution in [0.1, 0.15) is 29.5 Å². The van der Waals surface area contributed by atoms with Crippen LogP contribution in [0.5, 0.6) is 0 Å². The van der Waals surface area contributed by atoms with Gasteiger partial charge in [0.1, 0.15) is 6.61 Å². The van der Waals surface area contributed by atoms with E-state index < -0.39 is 0 Å². The number of allylic oxidation sites excluding steroid dienone is 2. The summed E-state index contributed by atoms with van der Waals surface area (Å²) in [5, 5.41) is 3.40. The molecule has 1 N–H and O–H groups in total. The van der Waals surface area contributed by atoms with Gasteiger partial charge in [-0.3, -0.25) is 0 Å². The Morgan fingerprint density at radius 2 is 1.86 bits per heavy atom. The lowest BCUT2D eigenvalue weighted by atomic mass is 9.98. The first-order valence-electron chi connectivity index (χ1n) is 9.75. The number of nitrogens with one attached hydrogen (secondary N) is 1. The van der Waals surface area contributed by atoms with E-state index >= 15 is 0 Å². The first-order chi connectivity index (χ1) is 13.6. The van der Waals surface area contributed by atoms with Crippen LogP contribution in [0.3, 0.4) is 0 Å². The van der Waals surface area contributed by atoms with Crippen molar-refractivity contribution in [1.29, 1.82) is 0 Å². The van der Waals surface area contributed by atoms with Crippen molar-refractivity contribution in [3.05, 3.63) is 120 Å². The zero-order valence-corrected chi connectivity index (χ0v) is 16.7. The highest BCUT2D eigenvalue weighted by Crippen LogP contribution is 2.37. The van der Waals surface area contributed by atoms with Crippen LogP contribution in [-0.2, 0) is 17.6 Å². The number of benzene rings is 2. The zero-order chi connectivity index (χ0) is 19.9. The summed E-state index contributed by atoms with van der Waals surface area (Å²) in [6.07, 6.45) is 5.78. The van der Waals surface area contributed by atoms with Crippen molar-refractivity contribution in [3.63, 3.8) is 0 Å². The van der Waals surface area contributed by atoms with E-state index in [9.17, 15) is 0 Å². The van der Waals surface area contributed by atoms with E-state index in [1.807, 2.05) is 19.1 Å². The Bertz CT molecular complexity index is 878. The maximum absolute atomic E-state index is 6.06. The lowest BCUT2D eigenvalue weighted by Gasteiger charge is -2.23. The lowest BCUT2D eigenvalue weighted by Crippen LogP contribution is -2.32. The Balaban J connectivity index is 1.63. The molecule has 2 heteroatoms. The van der Waals surface area contributed by atoms with Crippen molar-refractivity contribution in [3.8, 4) is 0 Å². The Labute approximate surface area is 168 Å². The molecule has 3 rings (SSSR count). The second-order valence-electron chi connectivity index (χ2n) is 7.37. The average molecular weight is 372 g/mol. The molecule has 0 saturated carbocycles. The molecule has 0 heterocycles. The van der Waals surface area contributed by atoms with Crippen molar-refractivity contribution in [2.24, 2.45) is 0 Å². The molecule has 0 radical (unpaired) electrons. The van der Waals surface area contributed by atoms with Crippen LogP contribution in [-0.4, -0.2) is 12.6 Å². The Hall–Kier alpha value is -3.00. The predicted octanol–water partition coefficient (Wildman–Crippen LogP) is 5.70. The van der Waals surface area contributed by atoms with E-state index in [0.29, 0.717) is 12.5 Å². The van der Waals surface area contributed by atoms with Gasteiger partial charge in [-0.15, -0.1) is 0 Å². The van der Waals surface area contributed by atoms with Gasteiger partial charge in [-0.05, 0) is 43.0 Å². The van der Waals surface area contributed by atoms with Crippen LogP contribution in [0.2, 0.25) is 0 Å². The first-order valence-corrected chi connectivity index (χ1v) is 9.75. The van der Waals surface area contributed by atoms with Crippen LogP contribution in [0.4, 0.5) is 0 Å². The van der Waals surface area contributed by atoms with Crippen LogP contribution in [0.15, 0.2) is 104 Å². The summed E-state index contributed by atoms with van der Waals surface area (Å²) in [6.45, 7) is 14.7. The zero-order valence-electron chi connectivity index (χ0n) is 16.7. The Kier molecular flexibility index (Phi) is 6.54. The van der Waals surface area contributed by atoms with Gasteiger partial charge in [0.15, 0.2) is 5.88 Å². The van der Waals surface area contributed by atoms with Crippen molar-refractivity contribution >= 4 is 0 Å². The number of fused-ring (bicyclic) bond motifs is 1. The maximum atomic E-state index is 6.06. The van der Waals surface area contributed by atoms with Gasteiger partial charge in [-0.25, -0.2) is 0 Å². The average Bonchev–Trinajstić information content (AvgIpc) is 3.04. The van der Waals surface area contributed by atoms with Crippen molar-refractivity contribution in [2.75, 3.05) is 6.61 Å². The molecule has 2 nitrogen and oxygen atoms in total. The van der Waals surface area contributed by atoms with Crippen LogP contribution in [0.25, 0.3) is 0 Å². The second-order valence-corrected chi connectivity index (χ2v) is 7.37. The van der Waals surface area contributed by atoms with E-state index in [-0.39, 0.29) is 12.0 Å². The van der Waals surface area contributed by atoms with Gasteiger partial charge in [0.25, 0.3) is 0 Å². The smallest absolute Gasteiger partial charge is 0.179 e. The normalized spacial score (nSPS) is 17.6. The van der Waals surface area contributed by atoms with Crippen LogP contribution in [0, 0.1) is 0 Å². The fourth-order valence-electron chi connectivity index (χ4n) is 3.72. The van der Waals surface area contributed by atoms with Crippen LogP contribution < -0.4 is 5.32 Å². The van der Waals surface area contributed by atoms with Crippen LogP contribution >= 0.6 is 0 Å². The minimum Gasteiger partial charge on any atom is -0.479 e. The third-order valence-corrected chi connectivity index (χ3v) is 5.24. The highest BCUT2D eigenvalue weighted by atomic mass is 16.5. The maximum Gasteiger partial charge on any atom is 0.179 e. The molecule has 0 saturated heterocycles. The largest absolute Gasteiger partial charge is 0.479 e. The van der Waals surface area contributed by atoms with Gasteiger partial charge < -0.3 is 10.1 Å². The SMILES string of the molecule is C=C/C=C1\Cc2ccccc2C1COC(=C)NC(Cc1ccccc1)C(=C)C. The minimum atomic E-state index is 0.0916. The molecule has 2 unspecified atom stereocenters. The summed E-state index contributed by atoms with van der Waals surface area (Å²) in [5.41, 5.74) is 6.37. The molecule has 2 atom stereocenters. The topological polar surface area (TPSA) is 21.3 Å². The summed E-state index contributed by atoms with van der Waals surface area (Å²) >= 11 is 0. The Morgan fingerprint density at radius 1 is 1.14 bits per heavy atom.